The van der Waals surface area contributed by atoms with Gasteiger partial charge in [-0.05, 0) is 36.1 Å². The molecule has 0 amide bonds. The Labute approximate surface area is 123 Å². The molecule has 0 aromatic heterocycles. The van der Waals surface area contributed by atoms with E-state index in [0.717, 1.165) is 24.9 Å². The number of ether oxygens (including phenoxy) is 2. The second kappa shape index (κ2) is 6.12. The van der Waals surface area contributed by atoms with Crippen molar-refractivity contribution in [3.63, 3.8) is 0 Å². The number of halogens is 1. The van der Waals surface area contributed by atoms with Gasteiger partial charge in [0.05, 0.1) is 26.2 Å². The fraction of sp³-hybridized carbons (Fsp3) is 0.562. The molecule has 1 fully saturated rings. The number of hydrogen-bond acceptors (Lipinski definition) is 4. The molecule has 5 heteroatoms. The zero-order valence-electron chi connectivity index (χ0n) is 12.2. The summed E-state index contributed by atoms with van der Waals surface area (Å²) < 4.78 is 23.8. The number of carbonyl (C=O) groups excluding carboxylic acids is 1. The molecule has 0 radical (unpaired) electrons. The number of nitrogens with zero attached hydrogens (tertiary/aromatic N) is 1. The summed E-state index contributed by atoms with van der Waals surface area (Å²) in [7, 11) is 1.39. The van der Waals surface area contributed by atoms with Gasteiger partial charge in [0.1, 0.15) is 5.82 Å². The van der Waals surface area contributed by atoms with Crippen molar-refractivity contribution in [3.05, 3.63) is 35.1 Å². The third-order valence-corrected chi connectivity index (χ3v) is 4.39. The smallest absolute Gasteiger partial charge is 0.308 e. The van der Waals surface area contributed by atoms with Crippen molar-refractivity contribution >= 4 is 5.97 Å². The lowest BCUT2D eigenvalue weighted by Crippen LogP contribution is -2.44. The zero-order chi connectivity index (χ0) is 14.8. The first-order chi connectivity index (χ1) is 10.2. The first-order valence-electron chi connectivity index (χ1n) is 7.38. The van der Waals surface area contributed by atoms with Crippen LogP contribution in [-0.2, 0) is 20.7 Å². The van der Waals surface area contributed by atoms with Gasteiger partial charge in [-0.1, -0.05) is 6.07 Å². The van der Waals surface area contributed by atoms with E-state index in [-0.39, 0.29) is 30.4 Å². The van der Waals surface area contributed by atoms with Gasteiger partial charge in [0, 0.05) is 19.1 Å². The van der Waals surface area contributed by atoms with Crippen molar-refractivity contribution in [2.24, 2.45) is 0 Å². The minimum absolute atomic E-state index is 0.135. The van der Waals surface area contributed by atoms with Crippen LogP contribution in [0.5, 0.6) is 0 Å². The highest BCUT2D eigenvalue weighted by molar-refractivity contribution is 5.69. The van der Waals surface area contributed by atoms with Gasteiger partial charge in [-0.15, -0.1) is 0 Å². The van der Waals surface area contributed by atoms with Crippen LogP contribution in [0.25, 0.3) is 0 Å². The topological polar surface area (TPSA) is 38.8 Å². The summed E-state index contributed by atoms with van der Waals surface area (Å²) in [6.45, 7) is 2.11. The molecule has 4 nitrogen and oxygen atoms in total. The second-order valence-corrected chi connectivity index (χ2v) is 5.67. The van der Waals surface area contributed by atoms with E-state index in [2.05, 4.69) is 4.90 Å². The van der Waals surface area contributed by atoms with Gasteiger partial charge in [0.15, 0.2) is 0 Å². The molecular weight excluding hydrogens is 273 g/mol. The highest BCUT2D eigenvalue weighted by atomic mass is 19.1. The van der Waals surface area contributed by atoms with Gasteiger partial charge in [-0.25, -0.2) is 4.39 Å². The summed E-state index contributed by atoms with van der Waals surface area (Å²) >= 11 is 0. The molecular formula is C16H20FNO3. The number of carbonyl (C=O) groups is 1. The summed E-state index contributed by atoms with van der Waals surface area (Å²) in [5.41, 5.74) is 2.33. The number of methoxy groups -OCH3 is 1. The molecule has 2 aliphatic rings. The van der Waals surface area contributed by atoms with Crippen molar-refractivity contribution in [2.75, 3.05) is 26.8 Å². The zero-order valence-corrected chi connectivity index (χ0v) is 12.2. The van der Waals surface area contributed by atoms with E-state index in [4.69, 9.17) is 9.47 Å². The molecule has 2 atom stereocenters. The van der Waals surface area contributed by atoms with Gasteiger partial charge in [-0.3, -0.25) is 9.69 Å². The first kappa shape index (κ1) is 14.5. The summed E-state index contributed by atoms with van der Waals surface area (Å²) in [6, 6.07) is 5.30. The van der Waals surface area contributed by atoms with Gasteiger partial charge < -0.3 is 9.47 Å². The van der Waals surface area contributed by atoms with Crippen LogP contribution >= 0.6 is 0 Å². The Morgan fingerprint density at radius 3 is 3.19 bits per heavy atom. The lowest BCUT2D eigenvalue weighted by molar-refractivity contribution is -0.146. The minimum Gasteiger partial charge on any atom is -0.469 e. The Kier molecular flexibility index (Phi) is 4.22. The lowest BCUT2D eigenvalue weighted by atomic mass is 10.0. The van der Waals surface area contributed by atoms with Crippen LogP contribution in [0.3, 0.4) is 0 Å². The molecule has 0 bridgehead atoms. The van der Waals surface area contributed by atoms with Gasteiger partial charge in [0.25, 0.3) is 0 Å². The van der Waals surface area contributed by atoms with Gasteiger partial charge in [0.2, 0.25) is 0 Å². The molecule has 3 rings (SSSR count). The van der Waals surface area contributed by atoms with E-state index in [0.29, 0.717) is 13.2 Å². The van der Waals surface area contributed by atoms with E-state index in [9.17, 15) is 9.18 Å². The maximum atomic E-state index is 13.5. The van der Waals surface area contributed by atoms with Crippen molar-refractivity contribution < 1.29 is 18.7 Å². The average molecular weight is 293 g/mol. The Bertz CT molecular complexity index is 534. The van der Waals surface area contributed by atoms with Crippen molar-refractivity contribution in [2.45, 2.75) is 31.4 Å². The highest BCUT2D eigenvalue weighted by Gasteiger charge is 2.32. The molecule has 1 saturated heterocycles. The van der Waals surface area contributed by atoms with Crippen molar-refractivity contribution in [3.8, 4) is 0 Å². The fourth-order valence-electron chi connectivity index (χ4n) is 3.35. The summed E-state index contributed by atoms with van der Waals surface area (Å²) in [4.78, 5) is 13.7. The summed E-state index contributed by atoms with van der Waals surface area (Å²) in [5, 5.41) is 0. The predicted molar refractivity (Wildman–Crippen MR) is 75.4 cm³/mol. The predicted octanol–water partition coefficient (Wildman–Crippen LogP) is 2.08. The van der Waals surface area contributed by atoms with E-state index >= 15 is 0 Å². The summed E-state index contributed by atoms with van der Waals surface area (Å²) in [6.07, 6.45) is 2.13. The lowest BCUT2D eigenvalue weighted by Gasteiger charge is -2.36. The minimum atomic E-state index is -0.250. The molecule has 1 heterocycles. The fourth-order valence-corrected chi connectivity index (χ4v) is 3.35. The quantitative estimate of drug-likeness (QED) is 0.800. The Morgan fingerprint density at radius 1 is 1.52 bits per heavy atom. The maximum Gasteiger partial charge on any atom is 0.308 e. The molecule has 0 N–H and O–H groups in total. The number of benzene rings is 1. The van der Waals surface area contributed by atoms with Crippen molar-refractivity contribution in [1.82, 2.24) is 4.90 Å². The normalized spacial score (nSPS) is 25.6. The van der Waals surface area contributed by atoms with E-state index in [1.807, 2.05) is 6.07 Å². The van der Waals surface area contributed by atoms with Gasteiger partial charge >= 0.3 is 5.97 Å². The molecule has 114 valence electrons. The van der Waals surface area contributed by atoms with Crippen LogP contribution in [-0.4, -0.2) is 43.8 Å². The van der Waals surface area contributed by atoms with E-state index in [1.165, 1.54) is 18.7 Å². The number of fused-ring (bicyclic) bond motifs is 1. The molecule has 1 aliphatic carbocycles. The summed E-state index contributed by atoms with van der Waals surface area (Å²) in [5.74, 6) is -0.431. The molecule has 1 aromatic carbocycles. The Hall–Kier alpha value is -1.46. The standard InChI is InChI=1S/C16H20FNO3/c1-20-16(19)9-13-10-18(6-7-21-13)15-5-3-11-2-4-12(17)8-14(11)15/h2,4,8,13,15H,3,5-7,9-10H2,1H3/t13-,15-/m1/s1. The first-order valence-corrected chi connectivity index (χ1v) is 7.38. The number of esters is 1. The van der Waals surface area contributed by atoms with Crippen LogP contribution in [0.4, 0.5) is 4.39 Å². The van der Waals surface area contributed by atoms with Crippen LogP contribution in [0.2, 0.25) is 0 Å². The third kappa shape index (κ3) is 3.09. The molecule has 1 aliphatic heterocycles. The Morgan fingerprint density at radius 2 is 2.38 bits per heavy atom. The molecule has 0 spiro atoms. The number of hydrogen-bond donors (Lipinski definition) is 0. The van der Waals surface area contributed by atoms with Gasteiger partial charge in [-0.2, -0.15) is 0 Å². The average Bonchev–Trinajstić information content (AvgIpc) is 2.90. The number of rotatable bonds is 3. The van der Waals surface area contributed by atoms with Crippen LogP contribution in [0.1, 0.15) is 30.0 Å². The molecule has 1 aromatic rings. The highest BCUT2D eigenvalue weighted by Crippen LogP contribution is 2.37. The second-order valence-electron chi connectivity index (χ2n) is 5.67. The van der Waals surface area contributed by atoms with Crippen LogP contribution in [0.15, 0.2) is 18.2 Å². The van der Waals surface area contributed by atoms with Crippen LogP contribution in [0, 0.1) is 5.82 Å². The molecule has 21 heavy (non-hydrogen) atoms. The number of aryl methyl sites for hydroxylation is 1. The van der Waals surface area contributed by atoms with E-state index < -0.39 is 0 Å². The molecule has 0 unspecified atom stereocenters. The third-order valence-electron chi connectivity index (χ3n) is 4.39. The largest absolute Gasteiger partial charge is 0.469 e. The number of morpholine rings is 1. The van der Waals surface area contributed by atoms with Crippen molar-refractivity contribution in [1.29, 1.82) is 0 Å². The molecule has 0 saturated carbocycles. The maximum absolute atomic E-state index is 13.5. The Balaban J connectivity index is 1.71. The SMILES string of the molecule is COC(=O)C[C@@H]1CN([C@@H]2CCc3ccc(F)cc32)CCO1. The monoisotopic (exact) mass is 293 g/mol. The van der Waals surface area contributed by atoms with Crippen LogP contribution < -0.4 is 0 Å². The van der Waals surface area contributed by atoms with E-state index in [1.54, 1.807) is 6.07 Å².